The minimum Gasteiger partial charge on any atom is -0.456 e. The highest BCUT2D eigenvalue weighted by molar-refractivity contribution is 7.14. The van der Waals surface area contributed by atoms with Crippen molar-refractivity contribution in [2.45, 2.75) is 25.9 Å². The van der Waals surface area contributed by atoms with Gasteiger partial charge in [0.1, 0.15) is 6.61 Å². The molecule has 0 aliphatic carbocycles. The predicted molar refractivity (Wildman–Crippen MR) is 107 cm³/mol. The number of thiazole rings is 1. The molecule has 12 heteroatoms. The molecule has 0 saturated heterocycles. The van der Waals surface area contributed by atoms with Gasteiger partial charge in [0.15, 0.2) is 5.13 Å². The van der Waals surface area contributed by atoms with Gasteiger partial charge >= 0.3 is 18.3 Å². The number of carbonyl (C=O) groups is 2. The van der Waals surface area contributed by atoms with E-state index in [1.807, 2.05) is 0 Å². The number of hydrogen-bond acceptors (Lipinski definition) is 5. The second-order valence-electron chi connectivity index (χ2n) is 6.68. The molecule has 0 saturated carbocycles. The number of rotatable bonds is 5. The van der Waals surface area contributed by atoms with E-state index in [4.69, 9.17) is 4.74 Å². The molecule has 174 valence electrons. The number of halogens is 6. The lowest BCUT2D eigenvalue weighted by Crippen LogP contribution is -2.22. The van der Waals surface area contributed by atoms with Crippen molar-refractivity contribution in [3.63, 3.8) is 0 Å². The van der Waals surface area contributed by atoms with E-state index >= 15 is 0 Å². The second kappa shape index (κ2) is 9.22. The molecule has 1 aromatic heterocycles. The highest BCUT2D eigenvalue weighted by Crippen LogP contribution is 2.36. The molecule has 0 atom stereocenters. The smallest absolute Gasteiger partial charge is 0.416 e. The fraction of sp³-hybridized carbons (Fsp3) is 0.190. The van der Waals surface area contributed by atoms with Gasteiger partial charge in [-0.1, -0.05) is 18.2 Å². The summed E-state index contributed by atoms with van der Waals surface area (Å²) < 4.78 is 82.7. The Hall–Kier alpha value is -3.41. The van der Waals surface area contributed by atoms with E-state index in [2.05, 4.69) is 4.98 Å². The Bertz CT molecular complexity index is 1130. The summed E-state index contributed by atoms with van der Waals surface area (Å²) in [7, 11) is 0. The van der Waals surface area contributed by atoms with Gasteiger partial charge in [-0.25, -0.2) is 9.78 Å². The minimum absolute atomic E-state index is 0.0799. The van der Waals surface area contributed by atoms with Crippen LogP contribution in [0.4, 0.5) is 37.2 Å². The number of benzene rings is 2. The number of carbonyl (C=O) groups excluding carboxylic acids is 2. The maximum Gasteiger partial charge on any atom is 0.416 e. The number of ether oxygens (including phenoxy) is 1. The molecule has 1 amide bonds. The van der Waals surface area contributed by atoms with Crippen LogP contribution in [0, 0.1) is 0 Å². The lowest BCUT2D eigenvalue weighted by molar-refractivity contribution is -0.143. The van der Waals surface area contributed by atoms with Gasteiger partial charge in [-0.05, 0) is 30.3 Å². The third-order valence-corrected chi connectivity index (χ3v) is 5.11. The molecule has 0 N–H and O–H groups in total. The van der Waals surface area contributed by atoms with E-state index in [1.165, 1.54) is 17.2 Å². The fourth-order valence-corrected chi connectivity index (χ4v) is 3.64. The Labute approximate surface area is 187 Å². The van der Waals surface area contributed by atoms with Crippen LogP contribution < -0.4 is 4.90 Å². The topological polar surface area (TPSA) is 59.5 Å². The number of alkyl halides is 6. The van der Waals surface area contributed by atoms with Crippen LogP contribution in [0.2, 0.25) is 0 Å². The number of para-hydroxylation sites is 1. The van der Waals surface area contributed by atoms with Gasteiger partial charge < -0.3 is 4.74 Å². The van der Waals surface area contributed by atoms with Crippen molar-refractivity contribution in [2.75, 3.05) is 4.90 Å². The van der Waals surface area contributed by atoms with Crippen molar-refractivity contribution in [2.24, 2.45) is 0 Å². The quantitative estimate of drug-likeness (QED) is 0.316. The summed E-state index contributed by atoms with van der Waals surface area (Å²) in [5.74, 6) is -1.73. The van der Waals surface area contributed by atoms with E-state index in [-0.39, 0.29) is 34.9 Å². The summed E-state index contributed by atoms with van der Waals surface area (Å²) in [6.45, 7) is 0.799. The van der Waals surface area contributed by atoms with Crippen molar-refractivity contribution in [3.05, 3.63) is 76.3 Å². The molecule has 0 fully saturated rings. The summed E-state index contributed by atoms with van der Waals surface area (Å²) in [5.41, 5.74) is -3.46. The molecule has 0 radical (unpaired) electrons. The minimum atomic E-state index is -5.09. The van der Waals surface area contributed by atoms with Gasteiger partial charge in [0.05, 0.1) is 28.1 Å². The lowest BCUT2D eigenvalue weighted by Gasteiger charge is -2.17. The summed E-state index contributed by atoms with van der Waals surface area (Å²) in [6, 6.07) is 9.03. The Kier molecular flexibility index (Phi) is 6.77. The Balaban J connectivity index is 1.79. The van der Waals surface area contributed by atoms with E-state index < -0.39 is 41.6 Å². The zero-order valence-corrected chi connectivity index (χ0v) is 17.5. The first-order valence-corrected chi connectivity index (χ1v) is 10.0. The van der Waals surface area contributed by atoms with Gasteiger partial charge in [-0.3, -0.25) is 9.69 Å². The molecule has 2 aromatic carbocycles. The summed E-state index contributed by atoms with van der Waals surface area (Å²) in [5, 5.41) is 1.70. The predicted octanol–water partition coefficient (Wildman–Crippen LogP) is 6.22. The first-order chi connectivity index (χ1) is 15.4. The van der Waals surface area contributed by atoms with Crippen LogP contribution in [0.5, 0.6) is 0 Å². The van der Waals surface area contributed by atoms with E-state index in [9.17, 15) is 35.9 Å². The molecular formula is C21H14F6N2O3S. The average molecular weight is 488 g/mol. The van der Waals surface area contributed by atoms with Gasteiger partial charge in [-0.15, -0.1) is 11.3 Å². The first kappa shape index (κ1) is 24.2. The Morgan fingerprint density at radius 2 is 1.55 bits per heavy atom. The largest absolute Gasteiger partial charge is 0.456 e. The Morgan fingerprint density at radius 3 is 2.06 bits per heavy atom. The first-order valence-electron chi connectivity index (χ1n) is 9.13. The number of amides is 1. The van der Waals surface area contributed by atoms with Crippen LogP contribution in [0.1, 0.15) is 34.1 Å². The molecule has 0 spiro atoms. The monoisotopic (exact) mass is 488 g/mol. The van der Waals surface area contributed by atoms with E-state index in [1.54, 1.807) is 30.3 Å². The van der Waals surface area contributed by atoms with Gasteiger partial charge in [0.25, 0.3) is 0 Å². The molecule has 3 aromatic rings. The maximum atomic E-state index is 13.0. The SMILES string of the molecule is CC(=O)N(c1ccccc1)c1nc(COC(=O)c2cc(C(F)(F)F)cc(C(F)(F)F)c2)cs1. The summed E-state index contributed by atoms with van der Waals surface area (Å²) in [4.78, 5) is 29.7. The van der Waals surface area contributed by atoms with Crippen LogP contribution in [0.25, 0.3) is 0 Å². The molecule has 0 bridgehead atoms. The van der Waals surface area contributed by atoms with Crippen molar-refractivity contribution in [1.82, 2.24) is 4.98 Å². The third kappa shape index (κ3) is 5.89. The normalized spacial score (nSPS) is 11.8. The molecule has 33 heavy (non-hydrogen) atoms. The third-order valence-electron chi connectivity index (χ3n) is 4.23. The van der Waals surface area contributed by atoms with Crippen LogP contribution in [-0.2, 0) is 28.5 Å². The van der Waals surface area contributed by atoms with Crippen LogP contribution in [0.15, 0.2) is 53.9 Å². The number of esters is 1. The average Bonchev–Trinajstić information content (AvgIpc) is 3.19. The highest BCUT2D eigenvalue weighted by Gasteiger charge is 2.37. The molecular weight excluding hydrogens is 474 g/mol. The van der Waals surface area contributed by atoms with Crippen molar-refractivity contribution < 1.29 is 40.7 Å². The molecule has 0 unspecified atom stereocenters. The summed E-state index contributed by atoms with van der Waals surface area (Å²) >= 11 is 1.05. The van der Waals surface area contributed by atoms with Crippen LogP contribution in [0.3, 0.4) is 0 Å². The van der Waals surface area contributed by atoms with Crippen LogP contribution in [-0.4, -0.2) is 16.9 Å². The lowest BCUT2D eigenvalue weighted by atomic mass is 10.0. The molecule has 3 rings (SSSR count). The van der Waals surface area contributed by atoms with Gasteiger partial charge in [0, 0.05) is 12.3 Å². The molecule has 0 aliphatic rings. The van der Waals surface area contributed by atoms with Crippen LogP contribution >= 0.6 is 11.3 Å². The van der Waals surface area contributed by atoms with Gasteiger partial charge in [-0.2, -0.15) is 26.3 Å². The maximum absolute atomic E-state index is 13.0. The molecule has 5 nitrogen and oxygen atoms in total. The van der Waals surface area contributed by atoms with E-state index in [0.29, 0.717) is 5.69 Å². The standard InChI is InChI=1S/C21H14F6N2O3S/c1-12(30)29(17-5-3-2-4-6-17)19-28-16(11-33-19)10-32-18(31)13-7-14(20(22,23)24)9-15(8-13)21(25,26)27/h2-9,11H,10H2,1H3. The molecule has 0 aliphatic heterocycles. The second-order valence-corrected chi connectivity index (χ2v) is 7.52. The van der Waals surface area contributed by atoms with Crippen molar-refractivity contribution in [1.29, 1.82) is 0 Å². The number of nitrogens with zero attached hydrogens (tertiary/aromatic N) is 2. The number of hydrogen-bond donors (Lipinski definition) is 0. The summed E-state index contributed by atoms with van der Waals surface area (Å²) in [6.07, 6.45) is -10.2. The fourth-order valence-electron chi connectivity index (χ4n) is 2.76. The zero-order valence-electron chi connectivity index (χ0n) is 16.7. The number of aromatic nitrogens is 1. The zero-order chi connectivity index (χ0) is 24.4. The van der Waals surface area contributed by atoms with Crippen molar-refractivity contribution in [3.8, 4) is 0 Å². The molecule has 1 heterocycles. The highest BCUT2D eigenvalue weighted by atomic mass is 32.1. The Morgan fingerprint density at radius 1 is 0.970 bits per heavy atom. The van der Waals surface area contributed by atoms with Crippen molar-refractivity contribution >= 4 is 34.0 Å². The number of anilines is 2. The van der Waals surface area contributed by atoms with E-state index in [0.717, 1.165) is 11.3 Å². The van der Waals surface area contributed by atoms with Gasteiger partial charge in [0.2, 0.25) is 5.91 Å².